The summed E-state index contributed by atoms with van der Waals surface area (Å²) in [4.78, 5) is 42.5. The molecular formula is C22H31N7O4. The van der Waals surface area contributed by atoms with Crippen molar-refractivity contribution >= 4 is 11.9 Å². The zero-order valence-electron chi connectivity index (χ0n) is 18.9. The summed E-state index contributed by atoms with van der Waals surface area (Å²) in [5.74, 6) is -0.786. The summed E-state index contributed by atoms with van der Waals surface area (Å²) in [6.45, 7) is 5.13. The summed E-state index contributed by atoms with van der Waals surface area (Å²) < 4.78 is 10.5. The molecule has 0 aliphatic carbocycles. The fraction of sp³-hybridized carbons (Fsp3) is 0.455. The van der Waals surface area contributed by atoms with Crippen LogP contribution in [0.3, 0.4) is 0 Å². The quantitative estimate of drug-likeness (QED) is 0.228. The predicted octanol–water partition coefficient (Wildman–Crippen LogP) is 1.33. The van der Waals surface area contributed by atoms with Gasteiger partial charge in [-0.3, -0.25) is 10.6 Å². The summed E-state index contributed by atoms with van der Waals surface area (Å²) in [5, 5.41) is 6.45. The van der Waals surface area contributed by atoms with Crippen LogP contribution in [-0.2, 0) is 31.9 Å². The molecule has 0 amide bonds. The minimum Gasteiger partial charge on any atom is -0.465 e. The molecule has 33 heavy (non-hydrogen) atoms. The first kappa shape index (κ1) is 24.2. The van der Waals surface area contributed by atoms with Crippen molar-refractivity contribution in [3.05, 3.63) is 60.0 Å². The van der Waals surface area contributed by atoms with Crippen LogP contribution in [0.25, 0.3) is 0 Å². The van der Waals surface area contributed by atoms with Gasteiger partial charge in [0.15, 0.2) is 0 Å². The van der Waals surface area contributed by atoms with Gasteiger partial charge in [0.05, 0.1) is 25.9 Å². The Hall–Kier alpha value is -3.44. The molecule has 178 valence electrons. The number of carbonyl (C=O) groups is 2. The lowest BCUT2D eigenvalue weighted by molar-refractivity contribution is -0.146. The molecule has 0 bridgehead atoms. The molecule has 0 radical (unpaired) electrons. The van der Waals surface area contributed by atoms with Crippen molar-refractivity contribution in [1.29, 1.82) is 0 Å². The highest BCUT2D eigenvalue weighted by atomic mass is 16.5. The number of ether oxygens (including phenoxy) is 2. The van der Waals surface area contributed by atoms with Crippen LogP contribution < -0.4 is 10.6 Å². The molecule has 11 nitrogen and oxygen atoms in total. The fourth-order valence-electron chi connectivity index (χ4n) is 3.40. The Morgan fingerprint density at radius 3 is 1.67 bits per heavy atom. The molecule has 5 N–H and O–H groups in total. The van der Waals surface area contributed by atoms with Crippen molar-refractivity contribution in [3.63, 3.8) is 0 Å². The highest BCUT2D eigenvalue weighted by molar-refractivity contribution is 5.78. The number of nitrogens with one attached hydrogen (secondary N) is 5. The van der Waals surface area contributed by atoms with E-state index < -0.39 is 24.0 Å². The average Bonchev–Trinajstić information content (AvgIpc) is 3.58. The molecule has 0 saturated heterocycles. The van der Waals surface area contributed by atoms with Gasteiger partial charge in [-0.15, -0.1) is 0 Å². The normalized spacial score (nSPS) is 12.9. The van der Waals surface area contributed by atoms with E-state index in [0.29, 0.717) is 37.3 Å². The number of rotatable bonds is 14. The van der Waals surface area contributed by atoms with E-state index in [1.807, 2.05) is 0 Å². The van der Waals surface area contributed by atoms with E-state index in [2.05, 4.69) is 35.6 Å². The lowest BCUT2D eigenvalue weighted by Crippen LogP contribution is -2.33. The van der Waals surface area contributed by atoms with Gasteiger partial charge in [0, 0.05) is 61.1 Å². The number of carbonyl (C=O) groups excluding carboxylic acids is 2. The molecular weight excluding hydrogens is 426 g/mol. The summed E-state index contributed by atoms with van der Waals surface area (Å²) >= 11 is 0. The third-order valence-corrected chi connectivity index (χ3v) is 4.99. The lowest BCUT2D eigenvalue weighted by atomic mass is 10.2. The second-order valence-electron chi connectivity index (χ2n) is 7.30. The molecule has 0 aliphatic rings. The van der Waals surface area contributed by atoms with Crippen LogP contribution in [0.15, 0.2) is 37.2 Å². The summed E-state index contributed by atoms with van der Waals surface area (Å²) in [6, 6.07) is 2.16. The SMILES string of the molecule is CCOC(=O)[C@@H](NCCc1cnc[nH]1)c1ccc([C@H](NCCc2cnc[nH]2)C(=O)OCC)[nH]1. The maximum absolute atomic E-state index is 12.6. The van der Waals surface area contributed by atoms with Crippen LogP contribution in [0.5, 0.6) is 0 Å². The molecule has 3 heterocycles. The lowest BCUT2D eigenvalue weighted by Gasteiger charge is -2.18. The molecule has 3 aromatic rings. The first-order chi connectivity index (χ1) is 16.1. The van der Waals surface area contributed by atoms with Crippen molar-refractivity contribution < 1.29 is 19.1 Å². The second kappa shape index (κ2) is 12.6. The average molecular weight is 458 g/mol. The highest BCUT2D eigenvalue weighted by Crippen LogP contribution is 2.20. The molecule has 0 fully saturated rings. The third kappa shape index (κ3) is 7.02. The third-order valence-electron chi connectivity index (χ3n) is 4.99. The Balaban J connectivity index is 1.70. The van der Waals surface area contributed by atoms with Crippen molar-refractivity contribution in [3.8, 4) is 0 Å². The molecule has 0 aliphatic heterocycles. The number of H-pyrrole nitrogens is 3. The fourth-order valence-corrected chi connectivity index (χ4v) is 3.40. The standard InChI is InChI=1S/C22H31N7O4/c1-3-32-21(30)19(25-9-7-15-11-23-13-27-15)17-5-6-18(29-17)20(22(31)33-4-2)26-10-8-16-12-24-14-28-16/h5-6,11-14,19-20,25-26,29H,3-4,7-10H2,1-2H3,(H,23,27)(H,24,28)/t19-,20-/m0/s1. The summed E-state index contributed by atoms with van der Waals surface area (Å²) in [7, 11) is 0. The number of nitrogens with zero attached hydrogens (tertiary/aromatic N) is 2. The second-order valence-corrected chi connectivity index (χ2v) is 7.30. The number of esters is 2. The zero-order valence-corrected chi connectivity index (χ0v) is 18.9. The first-order valence-electron chi connectivity index (χ1n) is 11.1. The minimum absolute atomic E-state index is 0.270. The van der Waals surface area contributed by atoms with Crippen molar-refractivity contribution in [2.75, 3.05) is 26.3 Å². The maximum atomic E-state index is 12.6. The van der Waals surface area contributed by atoms with Gasteiger partial charge >= 0.3 is 11.9 Å². The van der Waals surface area contributed by atoms with E-state index in [1.165, 1.54) is 0 Å². The van der Waals surface area contributed by atoms with E-state index >= 15 is 0 Å². The Kier molecular flexibility index (Phi) is 9.21. The van der Waals surface area contributed by atoms with Gasteiger partial charge in [0.2, 0.25) is 0 Å². The van der Waals surface area contributed by atoms with Gasteiger partial charge in [-0.05, 0) is 26.0 Å². The van der Waals surface area contributed by atoms with Gasteiger partial charge in [0.1, 0.15) is 12.1 Å². The Labute approximate surface area is 192 Å². The molecule has 0 saturated carbocycles. The van der Waals surface area contributed by atoms with Crippen molar-refractivity contribution in [2.24, 2.45) is 0 Å². The van der Waals surface area contributed by atoms with Crippen LogP contribution in [0.4, 0.5) is 0 Å². The summed E-state index contributed by atoms with van der Waals surface area (Å²) in [5.41, 5.74) is 3.14. The van der Waals surface area contributed by atoms with Crippen LogP contribution in [-0.4, -0.2) is 63.2 Å². The van der Waals surface area contributed by atoms with Crippen molar-refractivity contribution in [1.82, 2.24) is 35.6 Å². The number of hydrogen-bond acceptors (Lipinski definition) is 8. The number of imidazole rings is 2. The van der Waals surface area contributed by atoms with Gasteiger partial charge in [-0.2, -0.15) is 0 Å². The molecule has 0 unspecified atom stereocenters. The van der Waals surface area contributed by atoms with E-state index in [1.54, 1.807) is 51.0 Å². The molecule has 0 spiro atoms. The molecule has 11 heteroatoms. The Morgan fingerprint density at radius 2 is 1.30 bits per heavy atom. The number of aromatic amines is 3. The van der Waals surface area contributed by atoms with Gasteiger partial charge < -0.3 is 24.4 Å². The number of hydrogen-bond donors (Lipinski definition) is 5. The Bertz CT molecular complexity index is 892. The van der Waals surface area contributed by atoms with E-state index in [4.69, 9.17) is 9.47 Å². The smallest absolute Gasteiger partial charge is 0.329 e. The van der Waals surface area contributed by atoms with Crippen LogP contribution >= 0.6 is 0 Å². The number of aromatic nitrogens is 5. The van der Waals surface area contributed by atoms with Crippen LogP contribution in [0, 0.1) is 0 Å². The first-order valence-corrected chi connectivity index (χ1v) is 11.1. The summed E-state index contributed by atoms with van der Waals surface area (Å²) in [6.07, 6.45) is 8.06. The van der Waals surface area contributed by atoms with Gasteiger partial charge in [0.25, 0.3) is 0 Å². The van der Waals surface area contributed by atoms with Gasteiger partial charge in [-0.25, -0.2) is 19.6 Å². The minimum atomic E-state index is -0.700. The zero-order chi connectivity index (χ0) is 23.5. The van der Waals surface area contributed by atoms with Crippen molar-refractivity contribution in [2.45, 2.75) is 38.8 Å². The maximum Gasteiger partial charge on any atom is 0.329 e. The molecule has 3 rings (SSSR count). The van der Waals surface area contributed by atoms with E-state index in [-0.39, 0.29) is 13.2 Å². The van der Waals surface area contributed by atoms with Gasteiger partial charge in [-0.1, -0.05) is 0 Å². The monoisotopic (exact) mass is 457 g/mol. The molecule has 2 atom stereocenters. The largest absolute Gasteiger partial charge is 0.465 e. The van der Waals surface area contributed by atoms with E-state index in [0.717, 1.165) is 11.4 Å². The van der Waals surface area contributed by atoms with Crippen LogP contribution in [0.1, 0.15) is 48.7 Å². The van der Waals surface area contributed by atoms with E-state index in [9.17, 15) is 9.59 Å². The Morgan fingerprint density at radius 1 is 0.848 bits per heavy atom. The molecule has 3 aromatic heterocycles. The topological polar surface area (TPSA) is 150 Å². The van der Waals surface area contributed by atoms with Crippen LogP contribution in [0.2, 0.25) is 0 Å². The highest BCUT2D eigenvalue weighted by Gasteiger charge is 2.27. The predicted molar refractivity (Wildman–Crippen MR) is 120 cm³/mol. The molecule has 0 aromatic carbocycles.